The first-order valence-corrected chi connectivity index (χ1v) is 7.90. The van der Waals surface area contributed by atoms with Crippen LogP contribution in [-0.2, 0) is 0 Å². The molecule has 0 radical (unpaired) electrons. The van der Waals surface area contributed by atoms with E-state index in [2.05, 4.69) is 11.9 Å². The lowest BCUT2D eigenvalue weighted by Gasteiger charge is -2.08. The standard InChI is InChI=1S/C17H14F2N2O2S/c1-2-10-24-12-8-6-11(7-9-12)20-17(23)21-16(22)15-13(18)4-3-5-14(15)19/h2-9H,1,10H2,(H2,20,21,22,23). The van der Waals surface area contributed by atoms with Gasteiger partial charge in [0.15, 0.2) is 0 Å². The highest BCUT2D eigenvalue weighted by Crippen LogP contribution is 2.20. The molecule has 7 heteroatoms. The Bertz CT molecular complexity index is 743. The molecule has 2 N–H and O–H groups in total. The van der Waals surface area contributed by atoms with Crippen LogP contribution in [0.4, 0.5) is 19.3 Å². The third-order valence-electron chi connectivity index (χ3n) is 2.90. The first-order valence-electron chi connectivity index (χ1n) is 6.91. The number of urea groups is 1. The molecular weight excluding hydrogens is 334 g/mol. The van der Waals surface area contributed by atoms with E-state index in [4.69, 9.17) is 0 Å². The third-order valence-corrected chi connectivity index (χ3v) is 3.90. The van der Waals surface area contributed by atoms with Crippen LogP contribution in [0.2, 0.25) is 0 Å². The van der Waals surface area contributed by atoms with Crippen molar-refractivity contribution < 1.29 is 18.4 Å². The van der Waals surface area contributed by atoms with Gasteiger partial charge in [-0.2, -0.15) is 0 Å². The van der Waals surface area contributed by atoms with E-state index in [9.17, 15) is 18.4 Å². The van der Waals surface area contributed by atoms with Gasteiger partial charge in [0.1, 0.15) is 17.2 Å². The zero-order valence-corrected chi connectivity index (χ0v) is 13.3. The highest BCUT2D eigenvalue weighted by molar-refractivity contribution is 7.99. The molecule has 0 aromatic heterocycles. The summed E-state index contributed by atoms with van der Waals surface area (Å²) >= 11 is 1.58. The summed E-state index contributed by atoms with van der Waals surface area (Å²) < 4.78 is 27.0. The minimum absolute atomic E-state index is 0.442. The molecule has 3 amide bonds. The van der Waals surface area contributed by atoms with Gasteiger partial charge in [0.05, 0.1) is 0 Å². The molecular formula is C17H14F2N2O2S. The van der Waals surface area contributed by atoms with E-state index in [1.54, 1.807) is 42.1 Å². The fourth-order valence-electron chi connectivity index (χ4n) is 1.83. The maximum Gasteiger partial charge on any atom is 0.326 e. The van der Waals surface area contributed by atoms with Gasteiger partial charge in [-0.3, -0.25) is 10.1 Å². The number of carbonyl (C=O) groups is 2. The Morgan fingerprint density at radius 2 is 1.71 bits per heavy atom. The predicted molar refractivity (Wildman–Crippen MR) is 90.2 cm³/mol. The molecule has 0 saturated carbocycles. The van der Waals surface area contributed by atoms with Crippen LogP contribution in [0.3, 0.4) is 0 Å². The monoisotopic (exact) mass is 348 g/mol. The molecule has 0 aliphatic rings. The summed E-state index contributed by atoms with van der Waals surface area (Å²) in [7, 11) is 0. The fraction of sp³-hybridized carbons (Fsp3) is 0.0588. The van der Waals surface area contributed by atoms with Gasteiger partial charge < -0.3 is 5.32 Å². The molecule has 0 aliphatic heterocycles. The fourth-order valence-corrected chi connectivity index (χ4v) is 2.47. The van der Waals surface area contributed by atoms with Crippen molar-refractivity contribution in [2.75, 3.05) is 11.1 Å². The van der Waals surface area contributed by atoms with Crippen LogP contribution in [0.15, 0.2) is 60.0 Å². The molecule has 0 saturated heterocycles. The second kappa shape index (κ2) is 8.26. The van der Waals surface area contributed by atoms with E-state index in [0.29, 0.717) is 5.69 Å². The number of amides is 3. The number of anilines is 1. The Morgan fingerprint density at radius 1 is 1.08 bits per heavy atom. The average Bonchev–Trinajstić information content (AvgIpc) is 2.54. The zero-order chi connectivity index (χ0) is 17.5. The van der Waals surface area contributed by atoms with E-state index < -0.39 is 29.1 Å². The summed E-state index contributed by atoms with van der Waals surface area (Å²) in [6, 6.07) is 9.02. The van der Waals surface area contributed by atoms with Crippen molar-refractivity contribution in [2.45, 2.75) is 4.90 Å². The first kappa shape index (κ1) is 17.7. The minimum atomic E-state index is -1.15. The lowest BCUT2D eigenvalue weighted by atomic mass is 10.2. The van der Waals surface area contributed by atoms with Crippen molar-refractivity contribution in [1.29, 1.82) is 0 Å². The van der Waals surface area contributed by atoms with Gasteiger partial charge in [0.25, 0.3) is 5.91 Å². The lowest BCUT2D eigenvalue weighted by Crippen LogP contribution is -2.35. The normalized spacial score (nSPS) is 10.1. The molecule has 0 aliphatic carbocycles. The maximum atomic E-state index is 13.5. The molecule has 0 spiro atoms. The summed E-state index contributed by atoms with van der Waals surface area (Å²) in [5.41, 5.74) is -0.360. The number of halogens is 2. The van der Waals surface area contributed by atoms with Crippen molar-refractivity contribution in [3.63, 3.8) is 0 Å². The van der Waals surface area contributed by atoms with Crippen LogP contribution in [0, 0.1) is 11.6 Å². The molecule has 4 nitrogen and oxygen atoms in total. The number of imide groups is 1. The zero-order valence-electron chi connectivity index (χ0n) is 12.5. The van der Waals surface area contributed by atoms with E-state index in [1.165, 1.54) is 0 Å². The number of hydrogen-bond acceptors (Lipinski definition) is 3. The molecule has 0 bridgehead atoms. The summed E-state index contributed by atoms with van der Waals surface area (Å²) in [5, 5.41) is 4.31. The summed E-state index contributed by atoms with van der Waals surface area (Å²) in [6.07, 6.45) is 1.78. The largest absolute Gasteiger partial charge is 0.326 e. The molecule has 2 aromatic rings. The number of benzene rings is 2. The molecule has 124 valence electrons. The number of nitrogens with one attached hydrogen (secondary N) is 2. The van der Waals surface area contributed by atoms with E-state index in [1.807, 2.05) is 5.32 Å². The highest BCUT2D eigenvalue weighted by Gasteiger charge is 2.19. The van der Waals surface area contributed by atoms with E-state index in [-0.39, 0.29) is 0 Å². The van der Waals surface area contributed by atoms with Gasteiger partial charge in [0.2, 0.25) is 0 Å². The Labute approximate surface area is 142 Å². The van der Waals surface area contributed by atoms with Crippen LogP contribution < -0.4 is 10.6 Å². The maximum absolute atomic E-state index is 13.5. The average molecular weight is 348 g/mol. The van der Waals surface area contributed by atoms with Crippen LogP contribution in [0.25, 0.3) is 0 Å². The van der Waals surface area contributed by atoms with Gasteiger partial charge in [-0.15, -0.1) is 18.3 Å². The second-order valence-corrected chi connectivity index (χ2v) is 5.72. The lowest BCUT2D eigenvalue weighted by molar-refractivity contribution is 0.0959. The van der Waals surface area contributed by atoms with Crippen molar-refractivity contribution in [3.8, 4) is 0 Å². The van der Waals surface area contributed by atoms with Gasteiger partial charge in [0, 0.05) is 16.3 Å². The Morgan fingerprint density at radius 3 is 2.29 bits per heavy atom. The van der Waals surface area contributed by atoms with Crippen LogP contribution in [0.1, 0.15) is 10.4 Å². The van der Waals surface area contributed by atoms with Gasteiger partial charge in [-0.25, -0.2) is 13.6 Å². The molecule has 0 fully saturated rings. The van der Waals surface area contributed by atoms with Crippen LogP contribution >= 0.6 is 11.8 Å². The molecule has 24 heavy (non-hydrogen) atoms. The van der Waals surface area contributed by atoms with Gasteiger partial charge in [-0.1, -0.05) is 12.1 Å². The van der Waals surface area contributed by atoms with Crippen molar-refractivity contribution in [2.24, 2.45) is 0 Å². The van der Waals surface area contributed by atoms with E-state index in [0.717, 1.165) is 28.8 Å². The molecule has 0 atom stereocenters. The van der Waals surface area contributed by atoms with E-state index >= 15 is 0 Å². The Hall–Kier alpha value is -2.67. The molecule has 2 aromatic carbocycles. The summed E-state index contributed by atoms with van der Waals surface area (Å²) in [4.78, 5) is 24.6. The smallest absolute Gasteiger partial charge is 0.308 e. The SMILES string of the molecule is C=CCSc1ccc(NC(=O)NC(=O)c2c(F)cccc2F)cc1. The number of thioether (sulfide) groups is 1. The van der Waals surface area contributed by atoms with Gasteiger partial charge in [-0.05, 0) is 36.4 Å². The summed E-state index contributed by atoms with van der Waals surface area (Å²) in [5.74, 6) is -2.47. The predicted octanol–water partition coefficient (Wildman–Crippen LogP) is 4.20. The Kier molecular flexibility index (Phi) is 6.08. The highest BCUT2D eigenvalue weighted by atomic mass is 32.2. The molecule has 0 heterocycles. The van der Waals surface area contributed by atoms with Crippen LogP contribution in [0.5, 0.6) is 0 Å². The molecule has 0 unspecified atom stereocenters. The summed E-state index contributed by atoms with van der Waals surface area (Å²) in [6.45, 7) is 3.63. The van der Waals surface area contributed by atoms with Crippen molar-refractivity contribution >= 4 is 29.4 Å². The van der Waals surface area contributed by atoms with Crippen molar-refractivity contribution in [3.05, 3.63) is 72.3 Å². The third kappa shape index (κ3) is 4.66. The number of rotatable bonds is 5. The quantitative estimate of drug-likeness (QED) is 0.629. The number of carbonyl (C=O) groups excluding carboxylic acids is 2. The number of hydrogen-bond donors (Lipinski definition) is 2. The topological polar surface area (TPSA) is 58.2 Å². The van der Waals surface area contributed by atoms with Gasteiger partial charge >= 0.3 is 6.03 Å². The second-order valence-electron chi connectivity index (χ2n) is 4.63. The minimum Gasteiger partial charge on any atom is -0.308 e. The van der Waals surface area contributed by atoms with Crippen LogP contribution in [-0.4, -0.2) is 17.7 Å². The first-order chi connectivity index (χ1) is 11.5. The molecule has 2 rings (SSSR count). The Balaban J connectivity index is 1.98. The van der Waals surface area contributed by atoms with Crippen molar-refractivity contribution in [1.82, 2.24) is 5.32 Å².